The average molecular weight is 413 g/mol. The molecule has 0 aliphatic carbocycles. The van der Waals surface area contributed by atoms with Crippen molar-refractivity contribution in [2.75, 3.05) is 19.6 Å². The average Bonchev–Trinajstić information content (AvgIpc) is 2.78. The molecule has 0 aliphatic rings. The molecule has 0 spiro atoms. The van der Waals surface area contributed by atoms with Gasteiger partial charge in [-0.15, -0.1) is 0 Å². The number of nitrogens with zero attached hydrogens (tertiary/aromatic N) is 2. The summed E-state index contributed by atoms with van der Waals surface area (Å²) in [5, 5.41) is 0. The van der Waals surface area contributed by atoms with Crippen molar-refractivity contribution in [3.8, 4) is 0 Å². The molecule has 2 heteroatoms. The van der Waals surface area contributed by atoms with Crippen molar-refractivity contribution >= 4 is 17.0 Å². The van der Waals surface area contributed by atoms with Crippen LogP contribution in [0, 0.1) is 0 Å². The zero-order chi connectivity index (χ0) is 22.6. The minimum Gasteiger partial charge on any atom is -0.297 e. The molecule has 1 atom stereocenters. The number of para-hydroxylation sites is 1. The fourth-order valence-corrected chi connectivity index (χ4v) is 3.74. The van der Waals surface area contributed by atoms with Gasteiger partial charge in [0.2, 0.25) is 0 Å². The van der Waals surface area contributed by atoms with E-state index in [1.165, 1.54) is 11.1 Å². The Hall–Kier alpha value is -2.97. The Morgan fingerprint density at radius 1 is 1.06 bits per heavy atom. The van der Waals surface area contributed by atoms with Crippen LogP contribution in [0.15, 0.2) is 103 Å². The third-order valence-electron chi connectivity index (χ3n) is 5.38. The molecule has 0 heterocycles. The fraction of sp³-hybridized carbons (Fsp3) is 0.276. The van der Waals surface area contributed by atoms with Gasteiger partial charge in [-0.25, -0.2) is 0 Å². The minimum absolute atomic E-state index is 0.290. The normalized spacial score (nSPS) is 13.6. The molecular weight excluding hydrogens is 376 g/mol. The highest BCUT2D eigenvalue weighted by Gasteiger charge is 2.18. The zero-order valence-electron chi connectivity index (χ0n) is 19.5. The maximum Gasteiger partial charge on any atom is 0.0704 e. The highest BCUT2D eigenvalue weighted by atomic mass is 15.1. The number of benzene rings is 2. The summed E-state index contributed by atoms with van der Waals surface area (Å²) in [6.07, 6.45) is 8.22. The van der Waals surface area contributed by atoms with Crippen LogP contribution >= 0.6 is 0 Å². The quantitative estimate of drug-likeness (QED) is 0.274. The van der Waals surface area contributed by atoms with Gasteiger partial charge < -0.3 is 0 Å². The third kappa shape index (κ3) is 7.34. The topological polar surface area (TPSA) is 15.6 Å². The van der Waals surface area contributed by atoms with Crippen LogP contribution in [-0.2, 0) is 0 Å². The van der Waals surface area contributed by atoms with E-state index in [0.29, 0.717) is 0 Å². The summed E-state index contributed by atoms with van der Waals surface area (Å²) in [6.45, 7) is 19.1. The summed E-state index contributed by atoms with van der Waals surface area (Å²) < 4.78 is 0. The molecule has 2 rings (SSSR count). The van der Waals surface area contributed by atoms with E-state index in [1.807, 2.05) is 31.2 Å². The van der Waals surface area contributed by atoms with E-state index in [0.717, 1.165) is 42.2 Å². The lowest BCUT2D eigenvalue weighted by molar-refractivity contribution is 0.316. The Balaban J connectivity index is 2.28. The van der Waals surface area contributed by atoms with Crippen LogP contribution in [0.3, 0.4) is 0 Å². The molecule has 0 radical (unpaired) electrons. The Bertz CT molecular complexity index is 948. The van der Waals surface area contributed by atoms with Crippen molar-refractivity contribution in [2.24, 2.45) is 4.99 Å². The molecule has 162 valence electrons. The molecule has 0 aromatic heterocycles. The minimum atomic E-state index is 0.290. The number of likely N-dealkylation sites (N-methyl/N-ethyl adjacent to an activating group) is 1. The second kappa shape index (κ2) is 12.7. The van der Waals surface area contributed by atoms with Gasteiger partial charge in [0.1, 0.15) is 0 Å². The maximum atomic E-state index is 4.93. The SMILES string of the molecule is C=C/C=C\C(=C/C)C(CN(CC)CC(C)=Nc1ccccc1C(=C)C)c1ccccc1. The zero-order valence-corrected chi connectivity index (χ0v) is 19.5. The third-order valence-corrected chi connectivity index (χ3v) is 5.38. The van der Waals surface area contributed by atoms with Crippen molar-refractivity contribution in [1.29, 1.82) is 0 Å². The smallest absolute Gasteiger partial charge is 0.0704 e. The van der Waals surface area contributed by atoms with Gasteiger partial charge in [0, 0.05) is 30.3 Å². The van der Waals surface area contributed by atoms with Gasteiger partial charge in [-0.1, -0.05) is 92.9 Å². The summed E-state index contributed by atoms with van der Waals surface area (Å²) in [5.41, 5.74) is 6.86. The van der Waals surface area contributed by atoms with Crippen LogP contribution in [0.4, 0.5) is 5.69 Å². The second-order valence-corrected chi connectivity index (χ2v) is 7.82. The van der Waals surface area contributed by atoms with E-state index in [-0.39, 0.29) is 5.92 Å². The lowest BCUT2D eigenvalue weighted by Gasteiger charge is -2.28. The maximum absolute atomic E-state index is 4.93. The monoisotopic (exact) mass is 412 g/mol. The summed E-state index contributed by atoms with van der Waals surface area (Å²) in [4.78, 5) is 7.40. The largest absolute Gasteiger partial charge is 0.297 e. The lowest BCUT2D eigenvalue weighted by atomic mass is 9.89. The number of allylic oxidation sites excluding steroid dienone is 5. The lowest BCUT2D eigenvalue weighted by Crippen LogP contribution is -2.33. The first-order valence-corrected chi connectivity index (χ1v) is 11.0. The first-order chi connectivity index (χ1) is 15.0. The van der Waals surface area contributed by atoms with Gasteiger partial charge >= 0.3 is 0 Å². The number of hydrogen-bond donors (Lipinski definition) is 0. The Morgan fingerprint density at radius 2 is 1.74 bits per heavy atom. The fourth-order valence-electron chi connectivity index (χ4n) is 3.74. The van der Waals surface area contributed by atoms with Gasteiger partial charge in [-0.2, -0.15) is 0 Å². The van der Waals surface area contributed by atoms with Crippen LogP contribution in [0.2, 0.25) is 0 Å². The van der Waals surface area contributed by atoms with E-state index >= 15 is 0 Å². The summed E-state index contributed by atoms with van der Waals surface area (Å²) in [6, 6.07) is 19.0. The molecule has 0 saturated carbocycles. The van der Waals surface area contributed by atoms with Crippen LogP contribution in [0.25, 0.3) is 5.57 Å². The number of hydrogen-bond acceptors (Lipinski definition) is 2. The van der Waals surface area contributed by atoms with Gasteiger partial charge in [-0.05, 0) is 50.1 Å². The van der Waals surface area contributed by atoms with Crippen molar-refractivity contribution in [3.05, 3.63) is 109 Å². The molecule has 0 aliphatic heterocycles. The first-order valence-electron chi connectivity index (χ1n) is 11.0. The highest BCUT2D eigenvalue weighted by molar-refractivity contribution is 5.88. The Labute approximate surface area is 189 Å². The second-order valence-electron chi connectivity index (χ2n) is 7.82. The van der Waals surface area contributed by atoms with Gasteiger partial charge in [0.05, 0.1) is 5.69 Å². The molecule has 0 N–H and O–H groups in total. The van der Waals surface area contributed by atoms with Crippen molar-refractivity contribution in [2.45, 2.75) is 33.6 Å². The van der Waals surface area contributed by atoms with E-state index in [9.17, 15) is 0 Å². The van der Waals surface area contributed by atoms with Gasteiger partial charge in [0.25, 0.3) is 0 Å². The summed E-state index contributed by atoms with van der Waals surface area (Å²) in [5.74, 6) is 0.290. The van der Waals surface area contributed by atoms with E-state index in [4.69, 9.17) is 4.99 Å². The van der Waals surface area contributed by atoms with Crippen LogP contribution < -0.4 is 0 Å². The number of rotatable bonds is 11. The Morgan fingerprint density at radius 3 is 2.35 bits per heavy atom. The van der Waals surface area contributed by atoms with E-state index in [1.54, 1.807) is 0 Å². The summed E-state index contributed by atoms with van der Waals surface area (Å²) in [7, 11) is 0. The predicted molar refractivity (Wildman–Crippen MR) is 138 cm³/mol. The Kier molecular flexibility index (Phi) is 9.93. The standard InChI is InChI=1S/C29H36N2/c1-7-10-16-25(8-2)28(26-17-12-11-13-18-26)22-31(9-3)21-24(6)30-29-20-15-14-19-27(29)23(4)5/h7-8,10-20,28H,1,4,9,21-22H2,2-3,5-6H3/b16-10-,25-8+,30-24?. The molecule has 2 aromatic rings. The van der Waals surface area contributed by atoms with Gasteiger partial charge in [-0.3, -0.25) is 9.89 Å². The first kappa shape index (κ1) is 24.3. The molecule has 0 saturated heterocycles. The molecule has 0 bridgehead atoms. The van der Waals surface area contributed by atoms with E-state index in [2.05, 4.69) is 93.4 Å². The molecule has 2 nitrogen and oxygen atoms in total. The molecule has 0 amide bonds. The molecule has 1 unspecified atom stereocenters. The van der Waals surface area contributed by atoms with E-state index < -0.39 is 0 Å². The van der Waals surface area contributed by atoms with Gasteiger partial charge in [0.15, 0.2) is 0 Å². The van der Waals surface area contributed by atoms with Crippen LogP contribution in [0.5, 0.6) is 0 Å². The molecule has 31 heavy (non-hydrogen) atoms. The number of aliphatic imine (C=N–C) groups is 1. The van der Waals surface area contributed by atoms with Crippen LogP contribution in [0.1, 0.15) is 44.7 Å². The van der Waals surface area contributed by atoms with Crippen molar-refractivity contribution in [3.63, 3.8) is 0 Å². The highest BCUT2D eigenvalue weighted by Crippen LogP contribution is 2.28. The van der Waals surface area contributed by atoms with Crippen molar-refractivity contribution in [1.82, 2.24) is 4.90 Å². The molecule has 0 fully saturated rings. The molecular formula is C29H36N2. The predicted octanol–water partition coefficient (Wildman–Crippen LogP) is 7.61. The van der Waals surface area contributed by atoms with Crippen LogP contribution in [-0.4, -0.2) is 30.2 Å². The molecule has 2 aromatic carbocycles. The van der Waals surface area contributed by atoms with Crippen molar-refractivity contribution < 1.29 is 0 Å². The summed E-state index contributed by atoms with van der Waals surface area (Å²) >= 11 is 0.